The molecule has 0 bridgehead atoms. The Balaban J connectivity index is 1.97. The summed E-state index contributed by atoms with van der Waals surface area (Å²) in [4.78, 5) is 0. The first-order valence-corrected chi connectivity index (χ1v) is 4.44. The zero-order valence-electron chi connectivity index (χ0n) is 7.27. The molecule has 0 saturated heterocycles. The second-order valence-electron chi connectivity index (χ2n) is 3.56. The van der Waals surface area contributed by atoms with E-state index in [1.807, 2.05) is 17.7 Å². The third-order valence-corrected chi connectivity index (χ3v) is 2.46. The minimum Gasteiger partial charge on any atom is -0.391 e. The molecule has 3 nitrogen and oxygen atoms in total. The van der Waals surface area contributed by atoms with Gasteiger partial charge in [-0.1, -0.05) is 0 Å². The molecule has 3 heteroatoms. The van der Waals surface area contributed by atoms with Crippen LogP contribution in [0.4, 0.5) is 0 Å². The van der Waals surface area contributed by atoms with E-state index in [2.05, 4.69) is 5.10 Å². The van der Waals surface area contributed by atoms with E-state index < -0.39 is 0 Å². The summed E-state index contributed by atoms with van der Waals surface area (Å²) >= 11 is 0. The molecule has 1 aromatic rings. The molecule has 0 aliphatic heterocycles. The molecular formula is C9H14N2O. The molecule has 1 aromatic heterocycles. The Kier molecular flexibility index (Phi) is 1.89. The van der Waals surface area contributed by atoms with Gasteiger partial charge in [-0.25, -0.2) is 0 Å². The number of aromatic nitrogens is 2. The van der Waals surface area contributed by atoms with E-state index in [0.717, 1.165) is 5.69 Å². The molecule has 1 N–H and O–H groups in total. The monoisotopic (exact) mass is 166 g/mol. The lowest BCUT2D eigenvalue weighted by Gasteiger charge is -2.10. The van der Waals surface area contributed by atoms with E-state index in [4.69, 9.17) is 0 Å². The van der Waals surface area contributed by atoms with E-state index >= 15 is 0 Å². The number of aliphatic hydroxyl groups is 1. The van der Waals surface area contributed by atoms with Crippen LogP contribution in [-0.2, 0) is 6.54 Å². The molecule has 0 amide bonds. The number of rotatable bonds is 3. The van der Waals surface area contributed by atoms with Gasteiger partial charge in [-0.05, 0) is 31.7 Å². The average molecular weight is 166 g/mol. The summed E-state index contributed by atoms with van der Waals surface area (Å²) < 4.78 is 1.86. The molecule has 66 valence electrons. The molecule has 0 spiro atoms. The van der Waals surface area contributed by atoms with Crippen LogP contribution in [0, 0.1) is 12.8 Å². The number of hydrogen-bond donors (Lipinski definition) is 1. The van der Waals surface area contributed by atoms with Gasteiger partial charge in [0.1, 0.15) is 0 Å². The minimum atomic E-state index is -0.191. The summed E-state index contributed by atoms with van der Waals surface area (Å²) in [6.07, 6.45) is 3.95. The summed E-state index contributed by atoms with van der Waals surface area (Å²) in [7, 11) is 0. The van der Waals surface area contributed by atoms with Gasteiger partial charge in [0.15, 0.2) is 0 Å². The molecule has 1 saturated carbocycles. The van der Waals surface area contributed by atoms with Crippen molar-refractivity contribution in [1.29, 1.82) is 0 Å². The normalized spacial score (nSPS) is 19.5. The van der Waals surface area contributed by atoms with Crippen molar-refractivity contribution >= 4 is 0 Å². The van der Waals surface area contributed by atoms with Gasteiger partial charge >= 0.3 is 0 Å². The van der Waals surface area contributed by atoms with Gasteiger partial charge < -0.3 is 5.11 Å². The van der Waals surface area contributed by atoms with Gasteiger partial charge in [-0.2, -0.15) is 5.10 Å². The maximum atomic E-state index is 9.62. The highest BCUT2D eigenvalue weighted by atomic mass is 16.3. The molecule has 1 unspecified atom stereocenters. The summed E-state index contributed by atoms with van der Waals surface area (Å²) in [6.45, 7) is 2.66. The van der Waals surface area contributed by atoms with Crippen LogP contribution in [0.25, 0.3) is 0 Å². The largest absolute Gasteiger partial charge is 0.391 e. The Bertz CT molecular complexity index is 265. The van der Waals surface area contributed by atoms with E-state index in [9.17, 15) is 5.11 Å². The van der Waals surface area contributed by atoms with Crippen molar-refractivity contribution in [1.82, 2.24) is 9.78 Å². The van der Waals surface area contributed by atoms with Crippen molar-refractivity contribution in [3.8, 4) is 0 Å². The predicted octanol–water partition coefficient (Wildman–Crippen LogP) is 0.962. The summed E-state index contributed by atoms with van der Waals surface area (Å²) in [6, 6.07) is 1.96. The Morgan fingerprint density at radius 3 is 3.00 bits per heavy atom. The fourth-order valence-corrected chi connectivity index (χ4v) is 1.40. The van der Waals surface area contributed by atoms with Crippen LogP contribution < -0.4 is 0 Å². The topological polar surface area (TPSA) is 38.0 Å². The van der Waals surface area contributed by atoms with Gasteiger partial charge in [0.2, 0.25) is 0 Å². The maximum absolute atomic E-state index is 9.62. The molecular weight excluding hydrogens is 152 g/mol. The molecule has 12 heavy (non-hydrogen) atoms. The SMILES string of the molecule is Cc1ccnn1CC(O)C1CC1. The highest BCUT2D eigenvalue weighted by Crippen LogP contribution is 2.33. The van der Waals surface area contributed by atoms with Crippen molar-refractivity contribution in [3.05, 3.63) is 18.0 Å². The van der Waals surface area contributed by atoms with Crippen LogP contribution in [0.3, 0.4) is 0 Å². The maximum Gasteiger partial charge on any atom is 0.0764 e. The number of nitrogens with zero attached hydrogens (tertiary/aromatic N) is 2. The second kappa shape index (κ2) is 2.90. The fraction of sp³-hybridized carbons (Fsp3) is 0.667. The van der Waals surface area contributed by atoms with Crippen LogP contribution in [0.2, 0.25) is 0 Å². The lowest BCUT2D eigenvalue weighted by Crippen LogP contribution is -2.19. The predicted molar refractivity (Wildman–Crippen MR) is 45.7 cm³/mol. The zero-order valence-corrected chi connectivity index (χ0v) is 7.27. The summed E-state index contributed by atoms with van der Waals surface area (Å²) in [5.41, 5.74) is 1.12. The van der Waals surface area contributed by atoms with E-state index in [0.29, 0.717) is 12.5 Å². The first kappa shape index (κ1) is 7.80. The molecule has 1 fully saturated rings. The quantitative estimate of drug-likeness (QED) is 0.726. The average Bonchev–Trinajstić information content (AvgIpc) is 2.80. The lowest BCUT2D eigenvalue weighted by molar-refractivity contribution is 0.126. The Hall–Kier alpha value is -0.830. The third kappa shape index (κ3) is 1.50. The van der Waals surface area contributed by atoms with Crippen molar-refractivity contribution in [2.24, 2.45) is 5.92 Å². The smallest absolute Gasteiger partial charge is 0.0764 e. The van der Waals surface area contributed by atoms with Gasteiger partial charge in [0, 0.05) is 11.9 Å². The van der Waals surface area contributed by atoms with Gasteiger partial charge in [0.05, 0.1) is 12.6 Å². The van der Waals surface area contributed by atoms with Crippen molar-refractivity contribution in [2.75, 3.05) is 0 Å². The Labute approximate surface area is 72.0 Å². The van der Waals surface area contributed by atoms with E-state index in [1.165, 1.54) is 12.8 Å². The molecule has 2 rings (SSSR count). The van der Waals surface area contributed by atoms with E-state index in [1.54, 1.807) is 6.20 Å². The van der Waals surface area contributed by atoms with Crippen molar-refractivity contribution < 1.29 is 5.11 Å². The van der Waals surface area contributed by atoms with Crippen LogP contribution in [0.15, 0.2) is 12.3 Å². The standard InChI is InChI=1S/C9H14N2O/c1-7-4-5-10-11(7)6-9(12)8-2-3-8/h4-5,8-9,12H,2-3,6H2,1H3. The van der Waals surface area contributed by atoms with E-state index in [-0.39, 0.29) is 6.10 Å². The fourth-order valence-electron chi connectivity index (χ4n) is 1.40. The first-order valence-electron chi connectivity index (χ1n) is 4.44. The Morgan fingerprint density at radius 1 is 1.75 bits per heavy atom. The lowest BCUT2D eigenvalue weighted by atomic mass is 10.2. The summed E-state index contributed by atoms with van der Waals surface area (Å²) in [5.74, 6) is 0.536. The molecule has 1 aliphatic carbocycles. The minimum absolute atomic E-state index is 0.191. The van der Waals surface area contributed by atoms with Crippen molar-refractivity contribution in [3.63, 3.8) is 0 Å². The van der Waals surface area contributed by atoms with Crippen LogP contribution in [-0.4, -0.2) is 21.0 Å². The number of aliphatic hydroxyl groups excluding tert-OH is 1. The van der Waals surface area contributed by atoms with Crippen LogP contribution in [0.5, 0.6) is 0 Å². The van der Waals surface area contributed by atoms with Gasteiger partial charge in [0.25, 0.3) is 0 Å². The first-order chi connectivity index (χ1) is 5.77. The van der Waals surface area contributed by atoms with Crippen LogP contribution >= 0.6 is 0 Å². The zero-order chi connectivity index (χ0) is 8.55. The van der Waals surface area contributed by atoms with Crippen molar-refractivity contribution in [2.45, 2.75) is 32.4 Å². The van der Waals surface area contributed by atoms with Gasteiger partial charge in [-0.3, -0.25) is 4.68 Å². The third-order valence-electron chi connectivity index (χ3n) is 2.46. The molecule has 1 aliphatic rings. The summed E-state index contributed by atoms with van der Waals surface area (Å²) in [5, 5.41) is 13.7. The van der Waals surface area contributed by atoms with Gasteiger partial charge in [-0.15, -0.1) is 0 Å². The molecule has 0 radical (unpaired) electrons. The number of aryl methyl sites for hydroxylation is 1. The highest BCUT2D eigenvalue weighted by Gasteiger charge is 2.29. The molecule has 0 aromatic carbocycles. The molecule has 1 heterocycles. The highest BCUT2D eigenvalue weighted by molar-refractivity contribution is 4.97. The van der Waals surface area contributed by atoms with Crippen LogP contribution in [0.1, 0.15) is 18.5 Å². The second-order valence-corrected chi connectivity index (χ2v) is 3.56. The molecule has 1 atom stereocenters. The Morgan fingerprint density at radius 2 is 2.50 bits per heavy atom. The number of hydrogen-bond acceptors (Lipinski definition) is 2.